The van der Waals surface area contributed by atoms with Crippen molar-refractivity contribution in [2.45, 2.75) is 86.0 Å². The lowest BCUT2D eigenvalue weighted by Gasteiger charge is -2.28. The average molecular weight is 381 g/mol. The molecule has 0 amide bonds. The molecule has 0 spiro atoms. The van der Waals surface area contributed by atoms with E-state index in [1.54, 1.807) is 0 Å². The highest BCUT2D eigenvalue weighted by Gasteiger charge is 2.19. The Morgan fingerprint density at radius 1 is 1.12 bits per heavy atom. The van der Waals surface area contributed by atoms with E-state index in [0.717, 1.165) is 28.0 Å². The normalized spacial score (nSPS) is 18.1. The number of hydrogen-bond acceptors (Lipinski definition) is 0. The number of halogens is 1. The number of rotatable bonds is 4. The van der Waals surface area contributed by atoms with E-state index >= 15 is 0 Å². The van der Waals surface area contributed by atoms with E-state index in [4.69, 9.17) is 11.6 Å². The summed E-state index contributed by atoms with van der Waals surface area (Å²) in [5.74, 6) is 2.10. The highest BCUT2D eigenvalue weighted by atomic mass is 35.5. The van der Waals surface area contributed by atoms with Crippen LogP contribution in [-0.2, 0) is 0 Å². The lowest BCUT2D eigenvalue weighted by molar-refractivity contribution is 0.237. The van der Waals surface area contributed by atoms with E-state index in [0.29, 0.717) is 0 Å². The summed E-state index contributed by atoms with van der Waals surface area (Å²) in [6.45, 7) is 20.7. The van der Waals surface area contributed by atoms with Gasteiger partial charge in [-0.15, -0.1) is 13.2 Å². The second-order valence-electron chi connectivity index (χ2n) is 7.13. The Morgan fingerprint density at radius 2 is 1.65 bits per heavy atom. The third-order valence-corrected chi connectivity index (χ3v) is 4.88. The van der Waals surface area contributed by atoms with Gasteiger partial charge in [-0.1, -0.05) is 115 Å². The fourth-order valence-electron chi connectivity index (χ4n) is 3.10. The molecular weight excluding hydrogens is 336 g/mol. The number of unbranched alkanes of at least 4 members (excludes halogenated alkanes) is 1. The van der Waals surface area contributed by atoms with Gasteiger partial charge in [-0.05, 0) is 36.0 Å². The summed E-state index contributed by atoms with van der Waals surface area (Å²) in [5, 5.41) is 0.773. The van der Waals surface area contributed by atoms with E-state index in [1.165, 1.54) is 51.4 Å². The fourth-order valence-corrected chi connectivity index (χ4v) is 3.39. The zero-order valence-electron chi connectivity index (χ0n) is 18.1. The quantitative estimate of drug-likeness (QED) is 0.455. The Labute approximate surface area is 171 Å². The predicted molar refractivity (Wildman–Crippen MR) is 126 cm³/mol. The van der Waals surface area contributed by atoms with Crippen molar-refractivity contribution in [3.05, 3.63) is 54.6 Å². The maximum Gasteiger partial charge on any atom is 0.0480 e. The van der Waals surface area contributed by atoms with Crippen molar-refractivity contribution >= 4 is 17.2 Å². The maximum atomic E-state index is 5.86. The molecule has 2 unspecified atom stereocenters. The van der Waals surface area contributed by atoms with Gasteiger partial charge >= 0.3 is 0 Å². The van der Waals surface area contributed by atoms with Crippen molar-refractivity contribution in [3.63, 3.8) is 0 Å². The Balaban J connectivity index is -0.000000336. The highest BCUT2D eigenvalue weighted by Crippen LogP contribution is 2.32. The summed E-state index contributed by atoms with van der Waals surface area (Å²) >= 11 is 5.86. The first kappa shape index (κ1) is 27.2. The third-order valence-electron chi connectivity index (χ3n) is 4.55. The molecule has 1 saturated carbocycles. The molecule has 2 atom stereocenters. The molecule has 1 heteroatoms. The van der Waals surface area contributed by atoms with Gasteiger partial charge in [-0.25, -0.2) is 0 Å². The average Bonchev–Trinajstić information content (AvgIpc) is 2.64. The number of allylic oxidation sites excluding steroid dienone is 1. The molecule has 1 aliphatic carbocycles. The Kier molecular flexibility index (Phi) is 19.6. The molecule has 0 aromatic heterocycles. The minimum Gasteiger partial charge on any atom is -0.106 e. The van der Waals surface area contributed by atoms with Gasteiger partial charge < -0.3 is 0 Å². The van der Waals surface area contributed by atoms with Gasteiger partial charge in [-0.2, -0.15) is 0 Å². The van der Waals surface area contributed by atoms with Crippen LogP contribution in [0.4, 0.5) is 0 Å². The first-order chi connectivity index (χ1) is 12.5. The molecule has 0 heterocycles. The van der Waals surface area contributed by atoms with Gasteiger partial charge in [0.1, 0.15) is 0 Å². The molecule has 152 valence electrons. The number of hydrogen-bond donors (Lipinski definition) is 0. The number of benzene rings is 1. The van der Waals surface area contributed by atoms with Gasteiger partial charge in [0, 0.05) is 6.45 Å². The summed E-state index contributed by atoms with van der Waals surface area (Å²) in [4.78, 5) is 0. The first-order valence-electron chi connectivity index (χ1n) is 10.4. The standard InChI is InChI=1S/C11H22.C9H9Cl.C3H8.C2H4.H2/c1-3-4-8-11-9-6-5-7-10(11)2;1-7(2)8-5-3-4-6-9(8)10;1-3-2;1-2;/h10-11H,3-9H2,1-2H3;3-6H,1H2,2H3;3H2,1-2H3;1-2H2;1H. The largest absolute Gasteiger partial charge is 0.106 e. The SMILES string of the molecule is C=C.C=C(C)c1ccccc1Cl.CCC.CCCCC1CCCCC1C.[HH]. The van der Waals surface area contributed by atoms with Gasteiger partial charge in [0.25, 0.3) is 0 Å². The van der Waals surface area contributed by atoms with Gasteiger partial charge in [0.15, 0.2) is 0 Å². The molecule has 0 radical (unpaired) electrons. The van der Waals surface area contributed by atoms with Crippen molar-refractivity contribution in [2.24, 2.45) is 11.8 Å². The minimum atomic E-state index is 0. The van der Waals surface area contributed by atoms with Crippen molar-refractivity contribution in [3.8, 4) is 0 Å². The topological polar surface area (TPSA) is 0 Å². The smallest absolute Gasteiger partial charge is 0.0480 e. The van der Waals surface area contributed by atoms with E-state index in [-0.39, 0.29) is 1.43 Å². The van der Waals surface area contributed by atoms with Crippen molar-refractivity contribution in [1.82, 2.24) is 0 Å². The molecule has 1 aliphatic rings. The molecule has 1 aromatic rings. The van der Waals surface area contributed by atoms with Gasteiger partial charge in [0.2, 0.25) is 0 Å². The van der Waals surface area contributed by atoms with Crippen molar-refractivity contribution < 1.29 is 1.43 Å². The van der Waals surface area contributed by atoms with E-state index in [2.05, 4.69) is 47.4 Å². The Morgan fingerprint density at radius 3 is 2.08 bits per heavy atom. The molecule has 2 rings (SSSR count). The summed E-state index contributed by atoms with van der Waals surface area (Å²) in [7, 11) is 0. The zero-order chi connectivity index (χ0) is 20.4. The van der Waals surface area contributed by atoms with Gasteiger partial charge in [0.05, 0.1) is 0 Å². The highest BCUT2D eigenvalue weighted by molar-refractivity contribution is 6.32. The van der Waals surface area contributed by atoms with Crippen molar-refractivity contribution in [2.75, 3.05) is 0 Å². The molecule has 0 bridgehead atoms. The van der Waals surface area contributed by atoms with E-state index in [1.807, 2.05) is 31.2 Å². The minimum absolute atomic E-state index is 0. The third kappa shape index (κ3) is 13.2. The van der Waals surface area contributed by atoms with Crippen LogP contribution in [0.15, 0.2) is 44.0 Å². The Hall–Kier alpha value is -1.01. The zero-order valence-corrected chi connectivity index (χ0v) is 18.9. The van der Waals surface area contributed by atoms with Gasteiger partial charge in [-0.3, -0.25) is 0 Å². The lowest BCUT2D eigenvalue weighted by atomic mass is 9.78. The van der Waals surface area contributed by atoms with E-state index in [9.17, 15) is 0 Å². The summed E-state index contributed by atoms with van der Waals surface area (Å²) in [5.41, 5.74) is 2.04. The summed E-state index contributed by atoms with van der Waals surface area (Å²) in [6, 6.07) is 7.70. The van der Waals surface area contributed by atoms with Crippen LogP contribution in [0.25, 0.3) is 5.57 Å². The Bertz CT molecular complexity index is 455. The molecular formula is C25H45Cl. The molecule has 1 aromatic carbocycles. The van der Waals surface area contributed by atoms with Crippen LogP contribution in [0.2, 0.25) is 5.02 Å². The van der Waals surface area contributed by atoms with Crippen LogP contribution < -0.4 is 0 Å². The van der Waals surface area contributed by atoms with Crippen LogP contribution >= 0.6 is 11.6 Å². The summed E-state index contributed by atoms with van der Waals surface area (Å²) in [6.07, 6.45) is 11.6. The van der Waals surface area contributed by atoms with Crippen LogP contribution in [-0.4, -0.2) is 0 Å². The molecule has 1 fully saturated rings. The fraction of sp³-hybridized carbons (Fsp3) is 0.600. The predicted octanol–water partition coefficient (Wildman–Crippen LogP) is 9.84. The summed E-state index contributed by atoms with van der Waals surface area (Å²) < 4.78 is 0. The van der Waals surface area contributed by atoms with Crippen LogP contribution in [0.1, 0.15) is 93.0 Å². The molecule has 0 saturated heterocycles. The second kappa shape index (κ2) is 18.8. The second-order valence-corrected chi connectivity index (χ2v) is 7.54. The monoisotopic (exact) mass is 380 g/mol. The van der Waals surface area contributed by atoms with E-state index < -0.39 is 0 Å². The van der Waals surface area contributed by atoms with Crippen LogP contribution in [0, 0.1) is 11.8 Å². The first-order valence-corrected chi connectivity index (χ1v) is 10.8. The maximum absolute atomic E-state index is 5.86. The lowest BCUT2D eigenvalue weighted by Crippen LogP contribution is -2.16. The molecule has 26 heavy (non-hydrogen) atoms. The molecule has 0 aliphatic heterocycles. The van der Waals surface area contributed by atoms with Crippen LogP contribution in [0.3, 0.4) is 0 Å². The van der Waals surface area contributed by atoms with Crippen LogP contribution in [0.5, 0.6) is 0 Å². The van der Waals surface area contributed by atoms with Crippen molar-refractivity contribution in [1.29, 1.82) is 0 Å². The molecule has 0 nitrogen and oxygen atoms in total. The molecule has 0 N–H and O–H groups in total.